The Balaban J connectivity index is 1.88. The van der Waals surface area contributed by atoms with Gasteiger partial charge in [-0.05, 0) is 78.6 Å². The zero-order valence-corrected chi connectivity index (χ0v) is 15.9. The zero-order chi connectivity index (χ0) is 17.8. The molecular formula is C20H34O4. The molecule has 2 saturated carbocycles. The topological polar surface area (TPSA) is 52.6 Å². The summed E-state index contributed by atoms with van der Waals surface area (Å²) in [6.07, 6.45) is 9.29. The van der Waals surface area contributed by atoms with Crippen LogP contribution in [0.4, 0.5) is 0 Å². The molecule has 138 valence electrons. The molecule has 4 nitrogen and oxygen atoms in total. The second-order valence-corrected chi connectivity index (χ2v) is 8.56. The Hall–Kier alpha value is -1.06. The fraction of sp³-hybridized carbons (Fsp3) is 0.900. The van der Waals surface area contributed by atoms with Crippen LogP contribution in [-0.4, -0.2) is 23.6 Å². The molecule has 2 atom stereocenters. The molecule has 0 spiro atoms. The summed E-state index contributed by atoms with van der Waals surface area (Å²) >= 11 is 0. The lowest BCUT2D eigenvalue weighted by Crippen LogP contribution is -2.39. The van der Waals surface area contributed by atoms with Gasteiger partial charge in [-0.2, -0.15) is 0 Å². The molecule has 0 aromatic rings. The van der Waals surface area contributed by atoms with Crippen LogP contribution in [0, 0.1) is 11.3 Å². The number of ether oxygens (including phenoxy) is 2. The maximum Gasteiger partial charge on any atom is 0.311 e. The van der Waals surface area contributed by atoms with Crippen molar-refractivity contribution in [2.24, 2.45) is 11.3 Å². The summed E-state index contributed by atoms with van der Waals surface area (Å²) < 4.78 is 11.6. The van der Waals surface area contributed by atoms with Crippen LogP contribution in [0.15, 0.2) is 0 Å². The van der Waals surface area contributed by atoms with Crippen LogP contribution in [0.2, 0.25) is 0 Å². The fourth-order valence-corrected chi connectivity index (χ4v) is 3.65. The third-order valence-corrected chi connectivity index (χ3v) is 5.93. The van der Waals surface area contributed by atoms with Gasteiger partial charge in [0, 0.05) is 0 Å². The SMILES string of the molecule is CCC(C)(C)C(=O)OC1CCCC(C(=O)OC2(C)CCCCC2)C1. The standard InChI is InChI=1S/C20H34O4/c1-5-19(2,3)18(22)23-16-11-9-10-15(14-16)17(21)24-20(4)12-7-6-8-13-20/h15-16H,5-14H2,1-4H3. The van der Waals surface area contributed by atoms with Gasteiger partial charge in [0.2, 0.25) is 0 Å². The maximum atomic E-state index is 12.6. The fourth-order valence-electron chi connectivity index (χ4n) is 3.65. The number of esters is 2. The van der Waals surface area contributed by atoms with E-state index in [1.807, 2.05) is 20.8 Å². The first-order valence-electron chi connectivity index (χ1n) is 9.70. The number of carbonyl (C=O) groups excluding carboxylic acids is 2. The van der Waals surface area contributed by atoms with Gasteiger partial charge in [0.05, 0.1) is 11.3 Å². The first-order valence-corrected chi connectivity index (χ1v) is 9.70. The van der Waals surface area contributed by atoms with Crippen LogP contribution in [0.3, 0.4) is 0 Å². The highest BCUT2D eigenvalue weighted by molar-refractivity contribution is 5.76. The first kappa shape index (κ1) is 19.3. The van der Waals surface area contributed by atoms with Gasteiger partial charge in [-0.1, -0.05) is 13.3 Å². The summed E-state index contributed by atoms with van der Waals surface area (Å²) in [6.45, 7) is 7.88. The molecule has 2 aliphatic rings. The molecule has 0 aromatic heterocycles. The van der Waals surface area contributed by atoms with Gasteiger partial charge in [-0.15, -0.1) is 0 Å². The maximum absolute atomic E-state index is 12.6. The average Bonchev–Trinajstić information content (AvgIpc) is 2.55. The normalized spacial score (nSPS) is 27.3. The lowest BCUT2D eigenvalue weighted by Gasteiger charge is -2.36. The number of hydrogen-bond donors (Lipinski definition) is 0. The Morgan fingerprint density at radius 2 is 1.75 bits per heavy atom. The van der Waals surface area contributed by atoms with Gasteiger partial charge in [0.1, 0.15) is 11.7 Å². The minimum absolute atomic E-state index is 0.0881. The first-order chi connectivity index (χ1) is 11.3. The molecule has 2 aliphatic carbocycles. The van der Waals surface area contributed by atoms with Crippen LogP contribution in [0.1, 0.15) is 91.9 Å². The molecular weight excluding hydrogens is 304 g/mol. The monoisotopic (exact) mass is 338 g/mol. The van der Waals surface area contributed by atoms with E-state index in [2.05, 4.69) is 6.92 Å². The lowest BCUT2D eigenvalue weighted by atomic mass is 9.84. The summed E-state index contributed by atoms with van der Waals surface area (Å²) in [5.74, 6) is -0.363. The minimum Gasteiger partial charge on any atom is -0.462 e. The van der Waals surface area contributed by atoms with E-state index in [1.165, 1.54) is 6.42 Å². The van der Waals surface area contributed by atoms with Gasteiger partial charge in [0.15, 0.2) is 0 Å². The molecule has 24 heavy (non-hydrogen) atoms. The summed E-state index contributed by atoms with van der Waals surface area (Å²) in [5.41, 5.74) is -0.744. The Kier molecular flexibility index (Phi) is 6.33. The molecule has 0 saturated heterocycles. The molecule has 0 N–H and O–H groups in total. The van der Waals surface area contributed by atoms with Gasteiger partial charge in [-0.3, -0.25) is 9.59 Å². The molecule has 2 rings (SSSR count). The zero-order valence-electron chi connectivity index (χ0n) is 15.9. The predicted octanol–water partition coefficient (Wildman–Crippen LogP) is 4.79. The highest BCUT2D eigenvalue weighted by atomic mass is 16.6. The Morgan fingerprint density at radius 3 is 2.38 bits per heavy atom. The average molecular weight is 338 g/mol. The lowest BCUT2D eigenvalue weighted by molar-refractivity contribution is -0.173. The number of carbonyl (C=O) groups is 2. The van der Waals surface area contributed by atoms with E-state index in [-0.39, 0.29) is 29.6 Å². The van der Waals surface area contributed by atoms with Crippen LogP contribution >= 0.6 is 0 Å². The van der Waals surface area contributed by atoms with Crippen molar-refractivity contribution < 1.29 is 19.1 Å². The Morgan fingerprint density at radius 1 is 1.08 bits per heavy atom. The molecule has 2 unspecified atom stereocenters. The van der Waals surface area contributed by atoms with E-state index in [1.54, 1.807) is 0 Å². The second-order valence-electron chi connectivity index (χ2n) is 8.56. The van der Waals surface area contributed by atoms with Crippen molar-refractivity contribution in [3.8, 4) is 0 Å². The van der Waals surface area contributed by atoms with Crippen molar-refractivity contribution in [2.75, 3.05) is 0 Å². The van der Waals surface area contributed by atoms with E-state index in [4.69, 9.17) is 9.47 Å². The van der Waals surface area contributed by atoms with Crippen molar-refractivity contribution in [3.05, 3.63) is 0 Å². The highest BCUT2D eigenvalue weighted by Crippen LogP contribution is 2.35. The quantitative estimate of drug-likeness (QED) is 0.676. The van der Waals surface area contributed by atoms with Crippen molar-refractivity contribution in [1.29, 1.82) is 0 Å². The van der Waals surface area contributed by atoms with Crippen molar-refractivity contribution in [2.45, 2.75) is 104 Å². The van der Waals surface area contributed by atoms with Crippen molar-refractivity contribution >= 4 is 11.9 Å². The van der Waals surface area contributed by atoms with Crippen LogP contribution < -0.4 is 0 Å². The van der Waals surface area contributed by atoms with Gasteiger partial charge in [0.25, 0.3) is 0 Å². The van der Waals surface area contributed by atoms with E-state index in [9.17, 15) is 9.59 Å². The van der Waals surface area contributed by atoms with Gasteiger partial charge >= 0.3 is 11.9 Å². The van der Waals surface area contributed by atoms with E-state index >= 15 is 0 Å². The van der Waals surface area contributed by atoms with Crippen LogP contribution in [-0.2, 0) is 19.1 Å². The molecule has 0 radical (unpaired) electrons. The largest absolute Gasteiger partial charge is 0.462 e. The summed E-state index contributed by atoms with van der Waals surface area (Å²) in [5, 5.41) is 0. The molecule has 2 fully saturated rings. The number of rotatable bonds is 5. The Labute approximate surface area is 146 Å². The van der Waals surface area contributed by atoms with E-state index in [0.717, 1.165) is 51.4 Å². The molecule has 0 aromatic carbocycles. The molecule has 0 heterocycles. The summed E-state index contributed by atoms with van der Waals surface area (Å²) in [4.78, 5) is 24.9. The molecule has 4 heteroatoms. The van der Waals surface area contributed by atoms with Crippen LogP contribution in [0.5, 0.6) is 0 Å². The summed E-state index contributed by atoms with van der Waals surface area (Å²) in [6, 6.07) is 0. The predicted molar refractivity (Wildman–Crippen MR) is 93.5 cm³/mol. The van der Waals surface area contributed by atoms with E-state index < -0.39 is 5.41 Å². The number of hydrogen-bond acceptors (Lipinski definition) is 4. The molecule has 0 aliphatic heterocycles. The smallest absolute Gasteiger partial charge is 0.311 e. The van der Waals surface area contributed by atoms with Crippen molar-refractivity contribution in [3.63, 3.8) is 0 Å². The van der Waals surface area contributed by atoms with Crippen molar-refractivity contribution in [1.82, 2.24) is 0 Å². The third kappa shape index (κ3) is 4.97. The van der Waals surface area contributed by atoms with Crippen LogP contribution in [0.25, 0.3) is 0 Å². The molecule has 0 amide bonds. The highest BCUT2D eigenvalue weighted by Gasteiger charge is 2.37. The third-order valence-electron chi connectivity index (χ3n) is 5.93. The van der Waals surface area contributed by atoms with Gasteiger partial charge in [-0.25, -0.2) is 0 Å². The second kappa shape index (κ2) is 7.88. The summed E-state index contributed by atoms with van der Waals surface area (Å²) in [7, 11) is 0. The minimum atomic E-state index is -0.455. The van der Waals surface area contributed by atoms with Gasteiger partial charge < -0.3 is 9.47 Å². The van der Waals surface area contributed by atoms with E-state index in [0.29, 0.717) is 6.42 Å². The molecule has 0 bridgehead atoms. The Bertz CT molecular complexity index is 449.